The molecule has 0 spiro atoms. The molecule has 5 heteroatoms. The van der Waals surface area contributed by atoms with Gasteiger partial charge >= 0.3 is 0 Å². The predicted molar refractivity (Wildman–Crippen MR) is 242 cm³/mol. The maximum absolute atomic E-state index is 6.34. The van der Waals surface area contributed by atoms with Crippen LogP contribution in [0.4, 0.5) is 0 Å². The van der Waals surface area contributed by atoms with Crippen molar-refractivity contribution >= 4 is 75.1 Å². The molecule has 0 amide bonds. The maximum atomic E-state index is 6.34. The second-order valence-electron chi connectivity index (χ2n) is 14.7. The number of benzene rings is 8. The highest BCUT2D eigenvalue weighted by atomic mass is 32.1. The van der Waals surface area contributed by atoms with Crippen molar-refractivity contribution in [3.8, 4) is 56.3 Å². The summed E-state index contributed by atoms with van der Waals surface area (Å²) < 4.78 is 8.94. The quantitative estimate of drug-likeness (QED) is 0.175. The number of nitrogens with zero attached hydrogens (tertiary/aromatic N) is 3. The fourth-order valence-electron chi connectivity index (χ4n) is 8.65. The van der Waals surface area contributed by atoms with E-state index in [9.17, 15) is 0 Å². The first-order chi connectivity index (χ1) is 28.7. The molecule has 0 N–H and O–H groups in total. The van der Waals surface area contributed by atoms with Crippen LogP contribution in [0.25, 0.3) is 120 Å². The molecule has 4 nitrogen and oxygen atoms in total. The van der Waals surface area contributed by atoms with E-state index in [1.54, 1.807) is 0 Å². The molecule has 8 aromatic carbocycles. The van der Waals surface area contributed by atoms with Crippen LogP contribution in [0.2, 0.25) is 0 Å². The molecule has 0 bridgehead atoms. The molecule has 0 saturated carbocycles. The fraction of sp³-hybridized carbons (Fsp3) is 0. The average Bonchev–Trinajstić information content (AvgIpc) is 3.87. The van der Waals surface area contributed by atoms with Crippen molar-refractivity contribution in [2.24, 2.45) is 0 Å². The number of para-hydroxylation sites is 1. The van der Waals surface area contributed by atoms with Crippen LogP contribution in [0.5, 0.6) is 0 Å². The van der Waals surface area contributed by atoms with E-state index in [1.165, 1.54) is 36.7 Å². The zero-order valence-corrected chi connectivity index (χ0v) is 31.9. The van der Waals surface area contributed by atoms with E-state index in [0.717, 1.165) is 71.8 Å². The summed E-state index contributed by atoms with van der Waals surface area (Å²) in [7, 11) is 0. The van der Waals surface area contributed by atoms with Gasteiger partial charge in [-0.25, -0.2) is 15.0 Å². The molecule has 0 aliphatic carbocycles. The monoisotopic (exact) mass is 757 g/mol. The summed E-state index contributed by atoms with van der Waals surface area (Å²) in [5, 5.41) is 9.21. The van der Waals surface area contributed by atoms with Crippen molar-refractivity contribution in [3.05, 3.63) is 188 Å². The number of hydrogen-bond donors (Lipinski definition) is 0. The second-order valence-corrected chi connectivity index (χ2v) is 15.7. The Bertz CT molecular complexity index is 3590. The first-order valence-electron chi connectivity index (χ1n) is 19.4. The van der Waals surface area contributed by atoms with E-state index in [4.69, 9.17) is 19.4 Å². The number of thiophene rings is 1. The molecule has 12 aromatic rings. The minimum absolute atomic E-state index is 0.629. The fourth-order valence-corrected chi connectivity index (χ4v) is 9.88. The van der Waals surface area contributed by atoms with Crippen LogP contribution in [0.3, 0.4) is 0 Å². The molecule has 0 aliphatic rings. The number of fused-ring (bicyclic) bond motifs is 9. The summed E-state index contributed by atoms with van der Waals surface area (Å²) in [4.78, 5) is 15.8. The van der Waals surface area contributed by atoms with E-state index in [-0.39, 0.29) is 0 Å². The normalized spacial score (nSPS) is 11.8. The first-order valence-corrected chi connectivity index (χ1v) is 20.2. The van der Waals surface area contributed by atoms with Crippen LogP contribution in [0.15, 0.2) is 192 Å². The third-order valence-corrected chi connectivity index (χ3v) is 12.5. The Balaban J connectivity index is 1.04. The lowest BCUT2D eigenvalue weighted by molar-refractivity contribution is 0.655. The topological polar surface area (TPSA) is 51.8 Å². The van der Waals surface area contributed by atoms with Crippen LogP contribution < -0.4 is 0 Å². The van der Waals surface area contributed by atoms with E-state index >= 15 is 0 Å². The summed E-state index contributed by atoms with van der Waals surface area (Å²) in [5.41, 5.74) is 10.5. The number of hydrogen-bond acceptors (Lipinski definition) is 5. The van der Waals surface area contributed by atoms with Crippen LogP contribution >= 0.6 is 11.3 Å². The molecule has 0 fully saturated rings. The molecule has 0 atom stereocenters. The lowest BCUT2D eigenvalue weighted by atomic mass is 9.92. The van der Waals surface area contributed by atoms with Gasteiger partial charge in [0.15, 0.2) is 5.82 Å². The Morgan fingerprint density at radius 2 is 1.00 bits per heavy atom. The third kappa shape index (κ3) is 5.18. The van der Waals surface area contributed by atoms with E-state index in [0.29, 0.717) is 11.5 Å². The van der Waals surface area contributed by atoms with Gasteiger partial charge in [-0.2, -0.15) is 0 Å². The molecular formula is C53H31N3OS. The average molecular weight is 758 g/mol. The van der Waals surface area contributed by atoms with Gasteiger partial charge in [0.2, 0.25) is 5.71 Å². The molecule has 0 saturated heterocycles. The van der Waals surface area contributed by atoms with Crippen molar-refractivity contribution in [2.75, 3.05) is 0 Å². The Labute approximate surface area is 337 Å². The Morgan fingerprint density at radius 1 is 0.379 bits per heavy atom. The van der Waals surface area contributed by atoms with Crippen molar-refractivity contribution < 1.29 is 4.42 Å². The SMILES string of the molecule is c1ccc(-c2cc(-c3ccc(-c4cccc5c4sc4ccccc45)c4ccccc34)nc(-c3cccc(-c4nc5oc6ccccc6c5c5ccccc45)c3)n2)cc1. The van der Waals surface area contributed by atoms with Gasteiger partial charge in [-0.05, 0) is 46.0 Å². The predicted octanol–water partition coefficient (Wildman–Crippen LogP) is 14.8. The van der Waals surface area contributed by atoms with Crippen LogP contribution in [0, 0.1) is 0 Å². The van der Waals surface area contributed by atoms with Crippen LogP contribution in [-0.4, -0.2) is 15.0 Å². The van der Waals surface area contributed by atoms with Crippen molar-refractivity contribution in [3.63, 3.8) is 0 Å². The highest BCUT2D eigenvalue weighted by molar-refractivity contribution is 7.26. The third-order valence-electron chi connectivity index (χ3n) is 11.3. The van der Waals surface area contributed by atoms with Gasteiger partial charge in [-0.3, -0.25) is 0 Å². The van der Waals surface area contributed by atoms with Crippen molar-refractivity contribution in [2.45, 2.75) is 0 Å². The van der Waals surface area contributed by atoms with Gasteiger partial charge in [-0.1, -0.05) is 164 Å². The minimum atomic E-state index is 0.629. The minimum Gasteiger partial charge on any atom is -0.438 e. The van der Waals surface area contributed by atoms with Gasteiger partial charge in [-0.15, -0.1) is 11.3 Å². The van der Waals surface area contributed by atoms with E-state index in [2.05, 4.69) is 164 Å². The molecule has 4 heterocycles. The molecule has 0 aliphatic heterocycles. The lowest BCUT2D eigenvalue weighted by Crippen LogP contribution is -1.97. The smallest absolute Gasteiger partial charge is 0.228 e. The van der Waals surface area contributed by atoms with Gasteiger partial charge < -0.3 is 4.42 Å². The summed E-state index contributed by atoms with van der Waals surface area (Å²) in [6, 6.07) is 66.1. The zero-order valence-electron chi connectivity index (χ0n) is 31.1. The standard InChI is InChI=1S/C53H31N3OS/c1-2-14-32(15-3-1)45-31-46(38-29-28-37(35-18-4-5-19-36(35)38)42-24-13-25-43-39-20-9-11-27-48(39)58-51(42)43)55-52(54-45)34-17-12-16-33(30-34)50-41-22-7-6-21-40(41)49-44-23-8-10-26-47(44)57-53(49)56-50/h1-31H. The van der Waals surface area contributed by atoms with E-state index < -0.39 is 0 Å². The highest BCUT2D eigenvalue weighted by Crippen LogP contribution is 2.44. The van der Waals surface area contributed by atoms with Gasteiger partial charge in [0, 0.05) is 58.8 Å². The summed E-state index contributed by atoms with van der Waals surface area (Å²) in [6.07, 6.45) is 0. The maximum Gasteiger partial charge on any atom is 0.228 e. The lowest BCUT2D eigenvalue weighted by Gasteiger charge is -2.14. The molecule has 4 aromatic heterocycles. The molecule has 0 radical (unpaired) electrons. The summed E-state index contributed by atoms with van der Waals surface area (Å²) in [6.45, 7) is 0. The zero-order chi connectivity index (χ0) is 38.2. The molecular weight excluding hydrogens is 727 g/mol. The summed E-state index contributed by atoms with van der Waals surface area (Å²) in [5.74, 6) is 0.649. The Morgan fingerprint density at radius 3 is 1.86 bits per heavy atom. The molecule has 0 unspecified atom stereocenters. The second kappa shape index (κ2) is 13.1. The van der Waals surface area contributed by atoms with Crippen molar-refractivity contribution in [1.82, 2.24) is 15.0 Å². The molecule has 58 heavy (non-hydrogen) atoms. The Hall–Kier alpha value is -7.47. The highest BCUT2D eigenvalue weighted by Gasteiger charge is 2.19. The number of furan rings is 1. The summed E-state index contributed by atoms with van der Waals surface area (Å²) >= 11 is 1.86. The van der Waals surface area contributed by atoms with E-state index in [1.807, 2.05) is 35.6 Å². The van der Waals surface area contributed by atoms with Crippen LogP contribution in [0.1, 0.15) is 0 Å². The van der Waals surface area contributed by atoms with Crippen LogP contribution in [-0.2, 0) is 0 Å². The van der Waals surface area contributed by atoms with Gasteiger partial charge in [0.05, 0.1) is 22.5 Å². The Kier molecular flexibility index (Phi) is 7.37. The first kappa shape index (κ1) is 32.7. The van der Waals surface area contributed by atoms with Gasteiger partial charge in [0.25, 0.3) is 0 Å². The molecule has 12 rings (SSSR count). The molecule has 270 valence electrons. The number of aromatic nitrogens is 3. The van der Waals surface area contributed by atoms with Gasteiger partial charge in [0.1, 0.15) is 5.58 Å². The largest absolute Gasteiger partial charge is 0.438 e. The number of pyridine rings is 1. The van der Waals surface area contributed by atoms with Crippen molar-refractivity contribution in [1.29, 1.82) is 0 Å². The number of rotatable bonds is 5.